The first-order valence-electron chi connectivity index (χ1n) is 8.85. The molecule has 0 saturated carbocycles. The van der Waals surface area contributed by atoms with E-state index in [-0.39, 0.29) is 17.3 Å². The molecule has 27 heavy (non-hydrogen) atoms. The molecular weight excluding hydrogens is 456 g/mol. The predicted octanol–water partition coefficient (Wildman–Crippen LogP) is 4.92. The number of halogens is 2. The number of hydrogen-bond donors (Lipinski definition) is 1. The molecule has 142 valence electrons. The Balaban J connectivity index is 1.81. The second kappa shape index (κ2) is 7.58. The van der Waals surface area contributed by atoms with E-state index in [0.29, 0.717) is 17.0 Å². The first-order valence-corrected chi connectivity index (χ1v) is 9.93. The molecular formula is C21H23FIN3O. The Morgan fingerprint density at radius 3 is 2.81 bits per heavy atom. The maximum absolute atomic E-state index is 14.6. The lowest BCUT2D eigenvalue weighted by molar-refractivity contribution is 0.0955. The summed E-state index contributed by atoms with van der Waals surface area (Å²) in [5.74, 6) is -0.351. The van der Waals surface area contributed by atoms with Crippen LogP contribution in [0.15, 0.2) is 41.5 Å². The summed E-state index contributed by atoms with van der Waals surface area (Å²) in [5.41, 5.74) is 5.35. The van der Waals surface area contributed by atoms with Crippen molar-refractivity contribution in [3.63, 3.8) is 0 Å². The van der Waals surface area contributed by atoms with E-state index in [0.717, 1.165) is 21.2 Å². The number of nitrogens with one attached hydrogen (secondary N) is 1. The normalized spacial score (nSPS) is 18.4. The van der Waals surface area contributed by atoms with Gasteiger partial charge in [0.25, 0.3) is 5.91 Å². The van der Waals surface area contributed by atoms with Gasteiger partial charge in [0.1, 0.15) is 5.82 Å². The van der Waals surface area contributed by atoms with Crippen LogP contribution in [0.25, 0.3) is 0 Å². The third kappa shape index (κ3) is 4.15. The van der Waals surface area contributed by atoms with Gasteiger partial charge in [-0.05, 0) is 84.7 Å². The van der Waals surface area contributed by atoms with Crippen molar-refractivity contribution in [1.29, 1.82) is 0 Å². The lowest BCUT2D eigenvalue weighted by Gasteiger charge is -2.45. The smallest absolute Gasteiger partial charge is 0.271 e. The fourth-order valence-electron chi connectivity index (χ4n) is 3.56. The maximum atomic E-state index is 14.6. The van der Waals surface area contributed by atoms with E-state index in [2.05, 4.69) is 58.8 Å². The molecule has 2 aromatic carbocycles. The second-order valence-electron chi connectivity index (χ2n) is 7.62. The Bertz CT molecular complexity index is 910. The van der Waals surface area contributed by atoms with Gasteiger partial charge >= 0.3 is 0 Å². The van der Waals surface area contributed by atoms with Crippen LogP contribution in [-0.2, 0) is 0 Å². The summed E-state index contributed by atoms with van der Waals surface area (Å²) in [6.07, 6.45) is 2.36. The molecule has 1 unspecified atom stereocenters. The largest absolute Gasteiger partial charge is 0.369 e. The summed E-state index contributed by atoms with van der Waals surface area (Å²) in [6.45, 7) is 6.49. The van der Waals surface area contributed by atoms with E-state index in [1.807, 2.05) is 25.2 Å². The molecule has 0 bridgehead atoms. The summed E-state index contributed by atoms with van der Waals surface area (Å²) in [7, 11) is 2.00. The molecule has 1 N–H and O–H groups in total. The van der Waals surface area contributed by atoms with Crippen molar-refractivity contribution in [1.82, 2.24) is 5.43 Å². The molecule has 1 amide bonds. The monoisotopic (exact) mass is 479 g/mol. The highest BCUT2D eigenvalue weighted by atomic mass is 127. The summed E-state index contributed by atoms with van der Waals surface area (Å²) >= 11 is 2.14. The van der Waals surface area contributed by atoms with Crippen molar-refractivity contribution in [3.8, 4) is 0 Å². The van der Waals surface area contributed by atoms with Gasteiger partial charge in [-0.2, -0.15) is 5.10 Å². The van der Waals surface area contributed by atoms with Crippen molar-refractivity contribution >= 4 is 40.4 Å². The number of carbonyl (C=O) groups is 1. The zero-order valence-electron chi connectivity index (χ0n) is 15.9. The predicted molar refractivity (Wildman–Crippen MR) is 116 cm³/mol. The van der Waals surface area contributed by atoms with E-state index in [1.165, 1.54) is 6.21 Å². The zero-order chi connectivity index (χ0) is 19.8. The van der Waals surface area contributed by atoms with E-state index in [9.17, 15) is 9.18 Å². The van der Waals surface area contributed by atoms with Crippen LogP contribution in [0.2, 0.25) is 0 Å². The second-order valence-corrected chi connectivity index (χ2v) is 8.86. The van der Waals surface area contributed by atoms with Crippen molar-refractivity contribution in [2.24, 2.45) is 5.10 Å². The number of anilines is 1. The molecule has 1 atom stereocenters. The van der Waals surface area contributed by atoms with Crippen LogP contribution in [0, 0.1) is 9.39 Å². The van der Waals surface area contributed by atoms with Gasteiger partial charge in [0, 0.05) is 33.0 Å². The molecule has 3 rings (SSSR count). The molecule has 2 aromatic rings. The summed E-state index contributed by atoms with van der Waals surface area (Å²) in [6, 6.07) is 10.6. The molecule has 6 heteroatoms. The van der Waals surface area contributed by atoms with Crippen LogP contribution in [0.4, 0.5) is 10.1 Å². The minimum atomic E-state index is -0.349. The standard InChI is InChI=1S/C21H23FIN3O/c1-13-11-21(2,3)26(4)19-10-18(22)15(9-17(13)19)12-24-25-20(27)14-6-5-7-16(23)8-14/h5-10,12-13H,11H2,1-4H3,(H,25,27)/b24-12-. The molecule has 1 aliphatic rings. The summed E-state index contributed by atoms with van der Waals surface area (Å²) in [5, 5.41) is 3.95. The van der Waals surface area contributed by atoms with Gasteiger partial charge < -0.3 is 4.90 Å². The topological polar surface area (TPSA) is 44.7 Å². The fourth-order valence-corrected chi connectivity index (χ4v) is 4.10. The average Bonchev–Trinajstić information content (AvgIpc) is 2.60. The van der Waals surface area contributed by atoms with Gasteiger partial charge in [-0.15, -0.1) is 0 Å². The number of rotatable bonds is 3. The third-order valence-corrected chi connectivity index (χ3v) is 5.88. The quantitative estimate of drug-likeness (QED) is 0.386. The summed E-state index contributed by atoms with van der Waals surface area (Å²) < 4.78 is 15.6. The Hall–Kier alpha value is -1.96. The van der Waals surface area contributed by atoms with Crippen LogP contribution >= 0.6 is 22.6 Å². The number of fused-ring (bicyclic) bond motifs is 1. The molecule has 4 nitrogen and oxygen atoms in total. The molecule has 1 aliphatic heterocycles. The minimum Gasteiger partial charge on any atom is -0.369 e. The number of hydrazone groups is 1. The molecule has 1 heterocycles. The molecule has 0 aliphatic carbocycles. The Morgan fingerprint density at radius 1 is 1.37 bits per heavy atom. The van der Waals surface area contributed by atoms with Crippen LogP contribution in [0.1, 0.15) is 54.6 Å². The van der Waals surface area contributed by atoms with Crippen LogP contribution in [-0.4, -0.2) is 24.7 Å². The number of carbonyl (C=O) groups excluding carboxylic acids is 1. The zero-order valence-corrected chi connectivity index (χ0v) is 18.0. The number of nitrogens with zero attached hydrogens (tertiary/aromatic N) is 2. The summed E-state index contributed by atoms with van der Waals surface area (Å²) in [4.78, 5) is 14.3. The van der Waals surface area contributed by atoms with Gasteiger partial charge in [-0.25, -0.2) is 9.82 Å². The minimum absolute atomic E-state index is 0.0182. The third-order valence-electron chi connectivity index (χ3n) is 5.21. The van der Waals surface area contributed by atoms with Gasteiger partial charge in [-0.1, -0.05) is 13.0 Å². The van der Waals surface area contributed by atoms with Gasteiger partial charge in [0.05, 0.1) is 6.21 Å². The van der Waals surface area contributed by atoms with Crippen molar-refractivity contribution < 1.29 is 9.18 Å². The van der Waals surface area contributed by atoms with Gasteiger partial charge in [0.15, 0.2) is 0 Å². The molecule has 0 saturated heterocycles. The van der Waals surface area contributed by atoms with Gasteiger partial charge in [0.2, 0.25) is 0 Å². The lowest BCUT2D eigenvalue weighted by Crippen LogP contribution is -2.45. The van der Waals surface area contributed by atoms with Crippen molar-refractivity contribution in [2.75, 3.05) is 11.9 Å². The lowest BCUT2D eigenvalue weighted by atomic mass is 9.80. The highest BCUT2D eigenvalue weighted by Gasteiger charge is 2.34. The first kappa shape index (κ1) is 19.8. The van der Waals surface area contributed by atoms with Crippen molar-refractivity contribution in [3.05, 3.63) is 62.5 Å². The molecule has 0 fully saturated rings. The Kier molecular flexibility index (Phi) is 5.55. The number of benzene rings is 2. The van der Waals surface area contributed by atoms with Crippen molar-refractivity contribution in [2.45, 2.75) is 38.6 Å². The maximum Gasteiger partial charge on any atom is 0.271 e. The van der Waals surface area contributed by atoms with E-state index in [1.54, 1.807) is 18.2 Å². The molecule has 0 aromatic heterocycles. The first-order chi connectivity index (χ1) is 12.7. The Morgan fingerprint density at radius 2 is 2.11 bits per heavy atom. The highest BCUT2D eigenvalue weighted by Crippen LogP contribution is 2.43. The van der Waals surface area contributed by atoms with E-state index < -0.39 is 0 Å². The Labute approximate surface area is 173 Å². The van der Waals surface area contributed by atoms with Crippen LogP contribution in [0.3, 0.4) is 0 Å². The van der Waals surface area contributed by atoms with Crippen LogP contribution < -0.4 is 10.3 Å². The fraction of sp³-hybridized carbons (Fsp3) is 0.333. The number of amides is 1. The van der Waals surface area contributed by atoms with Gasteiger partial charge in [-0.3, -0.25) is 4.79 Å². The van der Waals surface area contributed by atoms with E-state index >= 15 is 0 Å². The number of hydrogen-bond acceptors (Lipinski definition) is 3. The average molecular weight is 479 g/mol. The highest BCUT2D eigenvalue weighted by molar-refractivity contribution is 14.1. The SMILES string of the molecule is CC1CC(C)(C)N(C)c2cc(F)c(/C=N\NC(=O)c3cccc(I)c3)cc21. The van der Waals surface area contributed by atoms with Crippen LogP contribution in [0.5, 0.6) is 0 Å². The van der Waals surface area contributed by atoms with E-state index in [4.69, 9.17) is 0 Å². The molecule has 0 spiro atoms. The molecule has 0 radical (unpaired) electrons.